The van der Waals surface area contributed by atoms with Crippen LogP contribution in [0.4, 0.5) is 0 Å². The Morgan fingerprint density at radius 2 is 1.75 bits per heavy atom. The molecule has 1 heteroatoms. The number of nitrogens with zero attached hydrogens (tertiary/aromatic N) is 1. The molecule has 1 aliphatic carbocycles. The Kier molecular flexibility index (Phi) is 6.41. The van der Waals surface area contributed by atoms with Crippen LogP contribution in [0.25, 0.3) is 0 Å². The summed E-state index contributed by atoms with van der Waals surface area (Å²) in [5.41, 5.74) is 0. The molecule has 2 atom stereocenters. The molecule has 0 aromatic rings. The average molecular weight is 225 g/mol. The molecule has 0 aromatic carbocycles. The Hall–Kier alpha value is -0.0400. The van der Waals surface area contributed by atoms with Gasteiger partial charge in [0.15, 0.2) is 0 Å². The normalized spacial score (nSPS) is 22.3. The van der Waals surface area contributed by atoms with Crippen molar-refractivity contribution in [2.75, 3.05) is 13.6 Å². The van der Waals surface area contributed by atoms with Crippen LogP contribution >= 0.6 is 0 Å². The molecule has 0 spiro atoms. The van der Waals surface area contributed by atoms with Gasteiger partial charge >= 0.3 is 0 Å². The van der Waals surface area contributed by atoms with Crippen molar-refractivity contribution in [3.05, 3.63) is 0 Å². The van der Waals surface area contributed by atoms with Crippen molar-refractivity contribution in [3.8, 4) is 0 Å². The molecule has 0 bridgehead atoms. The van der Waals surface area contributed by atoms with Gasteiger partial charge < -0.3 is 4.90 Å². The zero-order valence-electron chi connectivity index (χ0n) is 11.8. The monoisotopic (exact) mass is 225 g/mol. The van der Waals surface area contributed by atoms with E-state index >= 15 is 0 Å². The van der Waals surface area contributed by atoms with Crippen LogP contribution in [0.15, 0.2) is 0 Å². The highest BCUT2D eigenvalue weighted by Gasteiger charge is 2.23. The molecule has 0 N–H and O–H groups in total. The van der Waals surface area contributed by atoms with E-state index < -0.39 is 0 Å². The van der Waals surface area contributed by atoms with E-state index in [1.54, 1.807) is 0 Å². The largest absolute Gasteiger partial charge is 0.304 e. The lowest BCUT2D eigenvalue weighted by Gasteiger charge is -2.33. The fourth-order valence-electron chi connectivity index (χ4n) is 3.24. The van der Waals surface area contributed by atoms with Gasteiger partial charge in [0.25, 0.3) is 0 Å². The summed E-state index contributed by atoms with van der Waals surface area (Å²) in [4.78, 5) is 2.53. The molecule has 0 aromatic heterocycles. The van der Waals surface area contributed by atoms with Crippen molar-refractivity contribution in [2.24, 2.45) is 11.8 Å². The third kappa shape index (κ3) is 4.08. The summed E-state index contributed by atoms with van der Waals surface area (Å²) in [6.07, 6.45) is 10.1. The molecule has 0 heterocycles. The fraction of sp³-hybridized carbons (Fsp3) is 1.00. The van der Waals surface area contributed by atoms with Crippen LogP contribution in [0.1, 0.15) is 65.7 Å². The molecule has 0 amide bonds. The molecule has 16 heavy (non-hydrogen) atoms. The molecule has 1 saturated carbocycles. The van der Waals surface area contributed by atoms with Gasteiger partial charge in [0.2, 0.25) is 0 Å². The molecule has 0 saturated heterocycles. The van der Waals surface area contributed by atoms with Crippen molar-refractivity contribution in [2.45, 2.75) is 71.8 Å². The van der Waals surface area contributed by atoms with Crippen molar-refractivity contribution < 1.29 is 0 Å². The van der Waals surface area contributed by atoms with Crippen LogP contribution in [0.5, 0.6) is 0 Å². The van der Waals surface area contributed by atoms with Gasteiger partial charge in [0.1, 0.15) is 0 Å². The standard InChI is InChI=1S/C15H31N/c1-5-15(16(4)6-2)12-13(3)14-10-8-7-9-11-14/h13-15H,5-12H2,1-4H3. The lowest BCUT2D eigenvalue weighted by Crippen LogP contribution is -2.34. The minimum Gasteiger partial charge on any atom is -0.304 e. The summed E-state index contributed by atoms with van der Waals surface area (Å²) in [5.74, 6) is 1.95. The van der Waals surface area contributed by atoms with Crippen LogP contribution in [-0.4, -0.2) is 24.5 Å². The van der Waals surface area contributed by atoms with Crippen molar-refractivity contribution in [1.29, 1.82) is 0 Å². The minimum atomic E-state index is 0.807. The smallest absolute Gasteiger partial charge is 0.00921 e. The second kappa shape index (κ2) is 7.32. The zero-order valence-corrected chi connectivity index (χ0v) is 11.8. The number of hydrogen-bond acceptors (Lipinski definition) is 1. The summed E-state index contributed by atoms with van der Waals surface area (Å²) >= 11 is 0. The highest BCUT2D eigenvalue weighted by molar-refractivity contribution is 4.76. The van der Waals surface area contributed by atoms with E-state index in [4.69, 9.17) is 0 Å². The molecule has 96 valence electrons. The van der Waals surface area contributed by atoms with Gasteiger partial charge in [-0.1, -0.05) is 52.9 Å². The first-order valence-corrected chi connectivity index (χ1v) is 7.39. The van der Waals surface area contributed by atoms with Gasteiger partial charge in [-0.15, -0.1) is 0 Å². The molecule has 1 aliphatic rings. The Balaban J connectivity index is 2.37. The quantitative estimate of drug-likeness (QED) is 0.650. The van der Waals surface area contributed by atoms with Gasteiger partial charge in [-0.05, 0) is 38.3 Å². The van der Waals surface area contributed by atoms with Crippen molar-refractivity contribution in [1.82, 2.24) is 4.90 Å². The Morgan fingerprint density at radius 1 is 1.12 bits per heavy atom. The van der Waals surface area contributed by atoms with Crippen LogP contribution in [-0.2, 0) is 0 Å². The van der Waals surface area contributed by atoms with E-state index in [1.165, 1.54) is 51.5 Å². The maximum absolute atomic E-state index is 2.53. The van der Waals surface area contributed by atoms with E-state index in [0.717, 1.165) is 17.9 Å². The molecule has 1 rings (SSSR count). The van der Waals surface area contributed by atoms with Crippen molar-refractivity contribution in [3.63, 3.8) is 0 Å². The van der Waals surface area contributed by atoms with E-state index in [-0.39, 0.29) is 0 Å². The van der Waals surface area contributed by atoms with Crippen LogP contribution < -0.4 is 0 Å². The van der Waals surface area contributed by atoms with E-state index in [0.29, 0.717) is 0 Å². The summed E-state index contributed by atoms with van der Waals surface area (Å²) in [6.45, 7) is 8.29. The first-order chi connectivity index (χ1) is 7.69. The molecule has 0 aliphatic heterocycles. The summed E-state index contributed by atoms with van der Waals surface area (Å²) < 4.78 is 0. The van der Waals surface area contributed by atoms with Gasteiger partial charge in [0.05, 0.1) is 0 Å². The van der Waals surface area contributed by atoms with Crippen LogP contribution in [0, 0.1) is 11.8 Å². The molecule has 0 radical (unpaired) electrons. The van der Waals surface area contributed by atoms with E-state index in [1.807, 2.05) is 0 Å². The highest BCUT2D eigenvalue weighted by atomic mass is 15.1. The Morgan fingerprint density at radius 3 is 2.25 bits per heavy atom. The lowest BCUT2D eigenvalue weighted by molar-refractivity contribution is 0.169. The van der Waals surface area contributed by atoms with E-state index in [9.17, 15) is 0 Å². The second-order valence-electron chi connectivity index (χ2n) is 5.75. The molecular weight excluding hydrogens is 194 g/mol. The summed E-state index contributed by atoms with van der Waals surface area (Å²) in [7, 11) is 2.28. The first-order valence-electron chi connectivity index (χ1n) is 7.39. The topological polar surface area (TPSA) is 3.24 Å². The molecule has 1 nitrogen and oxygen atoms in total. The van der Waals surface area contributed by atoms with Gasteiger partial charge in [-0.3, -0.25) is 0 Å². The first kappa shape index (κ1) is 14.0. The van der Waals surface area contributed by atoms with Crippen LogP contribution in [0.2, 0.25) is 0 Å². The predicted octanol–water partition coefficient (Wildman–Crippen LogP) is 4.32. The Bertz CT molecular complexity index is 172. The third-order valence-electron chi connectivity index (χ3n) is 4.69. The second-order valence-corrected chi connectivity index (χ2v) is 5.75. The summed E-state index contributed by atoms with van der Waals surface area (Å²) in [6, 6.07) is 0.807. The maximum atomic E-state index is 2.53. The number of hydrogen-bond donors (Lipinski definition) is 0. The third-order valence-corrected chi connectivity index (χ3v) is 4.69. The number of rotatable bonds is 6. The SMILES string of the molecule is CCC(CC(C)C1CCCCC1)N(C)CC. The van der Waals surface area contributed by atoms with Gasteiger partial charge in [-0.2, -0.15) is 0 Å². The highest BCUT2D eigenvalue weighted by Crippen LogP contribution is 2.32. The molecule has 1 fully saturated rings. The maximum Gasteiger partial charge on any atom is 0.00921 e. The minimum absolute atomic E-state index is 0.807. The lowest BCUT2D eigenvalue weighted by atomic mass is 9.78. The van der Waals surface area contributed by atoms with Gasteiger partial charge in [-0.25, -0.2) is 0 Å². The summed E-state index contributed by atoms with van der Waals surface area (Å²) in [5, 5.41) is 0. The zero-order chi connectivity index (χ0) is 12.0. The average Bonchev–Trinajstić information content (AvgIpc) is 2.35. The molecular formula is C15H31N. The van der Waals surface area contributed by atoms with Crippen LogP contribution in [0.3, 0.4) is 0 Å². The predicted molar refractivity (Wildman–Crippen MR) is 72.7 cm³/mol. The van der Waals surface area contributed by atoms with E-state index in [2.05, 4.69) is 32.7 Å². The van der Waals surface area contributed by atoms with Gasteiger partial charge in [0, 0.05) is 6.04 Å². The molecule has 2 unspecified atom stereocenters. The Labute approximate surface area is 103 Å². The fourth-order valence-corrected chi connectivity index (χ4v) is 3.24. The van der Waals surface area contributed by atoms with Crippen molar-refractivity contribution >= 4 is 0 Å².